The molecule has 1 amide bonds. The van der Waals surface area contributed by atoms with E-state index in [1.807, 2.05) is 24.3 Å². The molecule has 8 heteroatoms. The summed E-state index contributed by atoms with van der Waals surface area (Å²) in [6.07, 6.45) is 1.14. The minimum atomic E-state index is -0.491. The summed E-state index contributed by atoms with van der Waals surface area (Å²) >= 11 is 0. The van der Waals surface area contributed by atoms with Crippen LogP contribution < -0.4 is 19.4 Å². The molecular weight excluding hydrogens is 325 g/mol. The third kappa shape index (κ3) is 3.47. The minimum Gasteiger partial charge on any atom is -0.497 e. The molecule has 0 saturated carbocycles. The summed E-state index contributed by atoms with van der Waals surface area (Å²) in [5.74, 6) is 0.690. The van der Waals surface area contributed by atoms with Gasteiger partial charge < -0.3 is 19.4 Å². The Morgan fingerprint density at radius 3 is 2.76 bits per heavy atom. The number of methoxy groups -OCH3 is 1. The van der Waals surface area contributed by atoms with Crippen LogP contribution in [0.15, 0.2) is 30.5 Å². The highest BCUT2D eigenvalue weighted by Gasteiger charge is 2.27. The van der Waals surface area contributed by atoms with E-state index in [0.717, 1.165) is 11.9 Å². The van der Waals surface area contributed by atoms with Crippen LogP contribution >= 0.6 is 0 Å². The summed E-state index contributed by atoms with van der Waals surface area (Å²) in [6.45, 7) is 1.18. The summed E-state index contributed by atoms with van der Waals surface area (Å²) in [4.78, 5) is 25.9. The molecule has 0 radical (unpaired) electrons. The molecule has 0 unspecified atom stereocenters. The first-order valence-corrected chi connectivity index (χ1v) is 7.89. The lowest BCUT2D eigenvalue weighted by Crippen LogP contribution is -2.51. The number of rotatable bonds is 4. The van der Waals surface area contributed by atoms with Crippen LogP contribution in [0.4, 0.5) is 21.8 Å². The third-order valence-corrected chi connectivity index (χ3v) is 4.01. The van der Waals surface area contributed by atoms with Gasteiger partial charge in [0.1, 0.15) is 12.3 Å². The van der Waals surface area contributed by atoms with E-state index in [9.17, 15) is 9.18 Å². The van der Waals surface area contributed by atoms with Crippen LogP contribution in [0.25, 0.3) is 0 Å². The Hall–Kier alpha value is -2.90. The van der Waals surface area contributed by atoms with E-state index in [0.29, 0.717) is 24.8 Å². The number of benzene rings is 1. The maximum atomic E-state index is 13.7. The summed E-state index contributed by atoms with van der Waals surface area (Å²) in [5, 5.41) is 0. The summed E-state index contributed by atoms with van der Waals surface area (Å²) in [5.41, 5.74) is 0.790. The van der Waals surface area contributed by atoms with Gasteiger partial charge in [-0.1, -0.05) is 6.07 Å². The summed E-state index contributed by atoms with van der Waals surface area (Å²) in [6, 6.07) is 7.38. The van der Waals surface area contributed by atoms with Gasteiger partial charge in [-0.25, -0.2) is 9.37 Å². The lowest BCUT2D eigenvalue weighted by Gasteiger charge is -2.34. The second-order valence-electron chi connectivity index (χ2n) is 5.90. The van der Waals surface area contributed by atoms with Crippen molar-refractivity contribution in [1.82, 2.24) is 9.97 Å². The van der Waals surface area contributed by atoms with Gasteiger partial charge in [-0.05, 0) is 12.1 Å². The van der Waals surface area contributed by atoms with Crippen molar-refractivity contribution in [2.75, 3.05) is 55.5 Å². The van der Waals surface area contributed by atoms with Gasteiger partial charge in [-0.2, -0.15) is 4.98 Å². The largest absolute Gasteiger partial charge is 0.497 e. The number of aromatic nitrogens is 2. The number of amides is 1. The Bertz CT molecular complexity index is 783. The van der Waals surface area contributed by atoms with Crippen LogP contribution in [0.1, 0.15) is 0 Å². The van der Waals surface area contributed by atoms with Crippen LogP contribution in [0, 0.1) is 5.82 Å². The van der Waals surface area contributed by atoms with E-state index in [4.69, 9.17) is 4.74 Å². The maximum Gasteiger partial charge on any atom is 0.246 e. The molecule has 3 rings (SSSR count). The fraction of sp³-hybridized carbons (Fsp3) is 0.353. The number of carbonyl (C=O) groups is 1. The van der Waals surface area contributed by atoms with Crippen LogP contribution in [0.5, 0.6) is 5.75 Å². The molecule has 132 valence electrons. The minimum absolute atomic E-state index is 0.0705. The zero-order chi connectivity index (χ0) is 18.0. The number of carbonyl (C=O) groups excluding carboxylic acids is 1. The Balaban J connectivity index is 1.78. The van der Waals surface area contributed by atoms with Crippen molar-refractivity contribution in [3.8, 4) is 5.75 Å². The number of anilines is 3. The lowest BCUT2D eigenvalue weighted by atomic mass is 10.2. The van der Waals surface area contributed by atoms with Crippen molar-refractivity contribution in [3.05, 3.63) is 36.3 Å². The molecule has 7 nitrogen and oxygen atoms in total. The van der Waals surface area contributed by atoms with E-state index in [2.05, 4.69) is 9.97 Å². The first kappa shape index (κ1) is 16.9. The molecule has 1 fully saturated rings. The number of hydrogen-bond acceptors (Lipinski definition) is 6. The Labute approximate surface area is 145 Å². The Morgan fingerprint density at radius 1 is 1.28 bits per heavy atom. The molecule has 2 aromatic rings. The van der Waals surface area contributed by atoms with E-state index in [1.165, 1.54) is 0 Å². The highest BCUT2D eigenvalue weighted by Crippen LogP contribution is 2.24. The molecular formula is C17H20FN5O2. The SMILES string of the molecule is COc1cccc(N2CCN(c3ncc(F)c(N(C)C)n3)CC2=O)c1. The van der Waals surface area contributed by atoms with Crippen molar-refractivity contribution in [2.45, 2.75) is 0 Å². The van der Waals surface area contributed by atoms with Gasteiger partial charge >= 0.3 is 0 Å². The molecule has 25 heavy (non-hydrogen) atoms. The average Bonchev–Trinajstić information content (AvgIpc) is 2.61. The number of nitrogens with zero attached hydrogens (tertiary/aromatic N) is 5. The Kier molecular flexibility index (Phi) is 4.69. The molecule has 0 aliphatic carbocycles. The molecule has 1 aliphatic rings. The second kappa shape index (κ2) is 6.92. The van der Waals surface area contributed by atoms with E-state index in [1.54, 1.807) is 35.9 Å². The standard InChI is InChI=1S/C17H20FN5O2/c1-21(2)16-14(18)10-19-17(20-16)22-7-8-23(15(24)11-22)12-5-4-6-13(9-12)25-3/h4-6,9-10H,7-8,11H2,1-3H3. The fourth-order valence-corrected chi connectivity index (χ4v) is 2.71. The first-order chi connectivity index (χ1) is 12.0. The van der Waals surface area contributed by atoms with Crippen molar-refractivity contribution in [2.24, 2.45) is 0 Å². The molecule has 1 aromatic heterocycles. The number of hydrogen-bond donors (Lipinski definition) is 0. The van der Waals surface area contributed by atoms with Gasteiger partial charge in [0.05, 0.1) is 13.3 Å². The molecule has 1 saturated heterocycles. The normalized spacial score (nSPS) is 14.6. The van der Waals surface area contributed by atoms with E-state index >= 15 is 0 Å². The number of piperazine rings is 1. The van der Waals surface area contributed by atoms with Crippen LogP contribution in [-0.4, -0.2) is 56.7 Å². The summed E-state index contributed by atoms with van der Waals surface area (Å²) in [7, 11) is 5.01. The van der Waals surface area contributed by atoms with Gasteiger partial charge in [-0.15, -0.1) is 0 Å². The van der Waals surface area contributed by atoms with E-state index < -0.39 is 5.82 Å². The quantitative estimate of drug-likeness (QED) is 0.838. The van der Waals surface area contributed by atoms with Gasteiger partial charge in [0.2, 0.25) is 11.9 Å². The topological polar surface area (TPSA) is 61.8 Å². The zero-order valence-electron chi connectivity index (χ0n) is 14.4. The highest BCUT2D eigenvalue weighted by molar-refractivity contribution is 5.97. The molecule has 1 aliphatic heterocycles. The molecule has 1 aromatic carbocycles. The predicted molar refractivity (Wildman–Crippen MR) is 93.9 cm³/mol. The molecule has 0 spiro atoms. The second-order valence-corrected chi connectivity index (χ2v) is 5.90. The van der Waals surface area contributed by atoms with Crippen molar-refractivity contribution in [1.29, 1.82) is 0 Å². The molecule has 0 N–H and O–H groups in total. The molecule has 0 atom stereocenters. The van der Waals surface area contributed by atoms with Gasteiger partial charge in [0.15, 0.2) is 11.6 Å². The van der Waals surface area contributed by atoms with Crippen LogP contribution in [0.2, 0.25) is 0 Å². The van der Waals surface area contributed by atoms with Crippen molar-refractivity contribution >= 4 is 23.4 Å². The summed E-state index contributed by atoms with van der Waals surface area (Å²) < 4.78 is 19.0. The molecule has 2 heterocycles. The average molecular weight is 345 g/mol. The van der Waals surface area contributed by atoms with Crippen molar-refractivity contribution in [3.63, 3.8) is 0 Å². The zero-order valence-corrected chi connectivity index (χ0v) is 14.4. The molecule has 0 bridgehead atoms. The highest BCUT2D eigenvalue weighted by atomic mass is 19.1. The lowest BCUT2D eigenvalue weighted by molar-refractivity contribution is -0.117. The van der Waals surface area contributed by atoms with Crippen molar-refractivity contribution < 1.29 is 13.9 Å². The monoisotopic (exact) mass is 345 g/mol. The van der Waals surface area contributed by atoms with Crippen LogP contribution in [0.3, 0.4) is 0 Å². The van der Waals surface area contributed by atoms with Gasteiger partial charge in [0.25, 0.3) is 0 Å². The van der Waals surface area contributed by atoms with E-state index in [-0.39, 0.29) is 18.3 Å². The predicted octanol–water partition coefficient (Wildman–Crippen LogP) is 1.54. The first-order valence-electron chi connectivity index (χ1n) is 7.89. The number of ether oxygens (including phenoxy) is 1. The third-order valence-electron chi connectivity index (χ3n) is 4.01. The maximum absolute atomic E-state index is 13.7. The van der Waals surface area contributed by atoms with Gasteiger partial charge in [-0.3, -0.25) is 4.79 Å². The number of halogens is 1. The van der Waals surface area contributed by atoms with Gasteiger partial charge in [0, 0.05) is 38.9 Å². The fourth-order valence-electron chi connectivity index (χ4n) is 2.71. The van der Waals surface area contributed by atoms with Crippen LogP contribution in [-0.2, 0) is 4.79 Å². The smallest absolute Gasteiger partial charge is 0.246 e. The Morgan fingerprint density at radius 2 is 2.08 bits per heavy atom.